The van der Waals surface area contributed by atoms with E-state index in [9.17, 15) is 13.2 Å². The Kier molecular flexibility index (Phi) is 4.65. The zero-order valence-electron chi connectivity index (χ0n) is 12.2. The third kappa shape index (κ3) is 3.81. The van der Waals surface area contributed by atoms with Crippen LogP contribution in [0.3, 0.4) is 0 Å². The molecule has 7 heteroatoms. The maximum absolute atomic E-state index is 12.1. The van der Waals surface area contributed by atoms with Crippen LogP contribution in [0.5, 0.6) is 0 Å². The van der Waals surface area contributed by atoms with Gasteiger partial charge in [0.05, 0.1) is 11.0 Å². The van der Waals surface area contributed by atoms with Crippen molar-refractivity contribution in [1.82, 2.24) is 5.32 Å². The number of primary sulfonamides is 1. The summed E-state index contributed by atoms with van der Waals surface area (Å²) in [5.41, 5.74) is 1.57. The van der Waals surface area contributed by atoms with Crippen LogP contribution in [0, 0.1) is 13.8 Å². The highest BCUT2D eigenvalue weighted by Gasteiger charge is 2.19. The molecule has 1 atom stereocenters. The molecule has 0 bridgehead atoms. The van der Waals surface area contributed by atoms with Crippen molar-refractivity contribution in [2.45, 2.75) is 37.7 Å². The number of benzene rings is 1. The number of ether oxygens (including phenoxy) is 1. The van der Waals surface area contributed by atoms with Gasteiger partial charge in [-0.25, -0.2) is 13.6 Å². The molecule has 0 aliphatic carbocycles. The molecule has 3 N–H and O–H groups in total. The third-order valence-corrected chi connectivity index (χ3v) is 4.74. The van der Waals surface area contributed by atoms with Crippen LogP contribution in [-0.4, -0.2) is 33.6 Å². The molecule has 21 heavy (non-hydrogen) atoms. The molecular weight excluding hydrogens is 292 g/mol. The Morgan fingerprint density at radius 2 is 2.14 bits per heavy atom. The van der Waals surface area contributed by atoms with E-state index >= 15 is 0 Å². The van der Waals surface area contributed by atoms with Crippen LogP contribution in [0.1, 0.15) is 34.3 Å². The van der Waals surface area contributed by atoms with E-state index in [1.807, 2.05) is 0 Å². The van der Waals surface area contributed by atoms with Gasteiger partial charge >= 0.3 is 0 Å². The van der Waals surface area contributed by atoms with E-state index in [0.717, 1.165) is 19.4 Å². The summed E-state index contributed by atoms with van der Waals surface area (Å²) in [5.74, 6) is -0.321. The van der Waals surface area contributed by atoms with Gasteiger partial charge in [0.15, 0.2) is 0 Å². The standard InChI is InChI=1S/C14H20N2O4S/c1-9-6-11(7-13(10(9)2)21(15,18)19)14(17)16-8-12-4-3-5-20-12/h6-7,12H,3-5,8H2,1-2H3,(H,16,17)(H2,15,18,19). The van der Waals surface area contributed by atoms with Crippen LogP contribution in [0.15, 0.2) is 17.0 Å². The average molecular weight is 312 g/mol. The van der Waals surface area contributed by atoms with Gasteiger partial charge in [-0.05, 0) is 49.9 Å². The van der Waals surface area contributed by atoms with Crippen LogP contribution in [0.4, 0.5) is 0 Å². The van der Waals surface area contributed by atoms with Gasteiger partial charge in [0.2, 0.25) is 10.0 Å². The second kappa shape index (κ2) is 6.13. The van der Waals surface area contributed by atoms with Gasteiger partial charge in [-0.2, -0.15) is 0 Å². The van der Waals surface area contributed by atoms with Crippen molar-refractivity contribution in [2.75, 3.05) is 13.2 Å². The Bertz CT molecular complexity index is 649. The van der Waals surface area contributed by atoms with Gasteiger partial charge in [0.1, 0.15) is 0 Å². The summed E-state index contributed by atoms with van der Waals surface area (Å²) in [7, 11) is -3.85. The number of nitrogens with one attached hydrogen (secondary N) is 1. The fourth-order valence-corrected chi connectivity index (χ4v) is 3.25. The highest BCUT2D eigenvalue weighted by atomic mass is 32.2. The topological polar surface area (TPSA) is 98.5 Å². The van der Waals surface area contributed by atoms with Crippen molar-refractivity contribution < 1.29 is 17.9 Å². The van der Waals surface area contributed by atoms with Crippen molar-refractivity contribution in [3.05, 3.63) is 28.8 Å². The highest BCUT2D eigenvalue weighted by molar-refractivity contribution is 7.89. The summed E-state index contributed by atoms with van der Waals surface area (Å²) >= 11 is 0. The van der Waals surface area contributed by atoms with E-state index in [0.29, 0.717) is 23.2 Å². The number of carbonyl (C=O) groups is 1. The predicted molar refractivity (Wildman–Crippen MR) is 78.6 cm³/mol. The van der Waals surface area contributed by atoms with Crippen LogP contribution < -0.4 is 10.5 Å². The first kappa shape index (κ1) is 15.9. The second-order valence-corrected chi connectivity index (χ2v) is 6.84. The van der Waals surface area contributed by atoms with Crippen LogP contribution in [-0.2, 0) is 14.8 Å². The SMILES string of the molecule is Cc1cc(C(=O)NCC2CCCO2)cc(S(N)(=O)=O)c1C. The van der Waals surface area contributed by atoms with Crippen LogP contribution in [0.25, 0.3) is 0 Å². The first-order valence-corrected chi connectivity index (χ1v) is 8.37. The minimum atomic E-state index is -3.85. The number of sulfonamides is 1. The van der Waals surface area contributed by atoms with Crippen molar-refractivity contribution in [2.24, 2.45) is 5.14 Å². The molecule has 0 radical (unpaired) electrons. The van der Waals surface area contributed by atoms with E-state index in [4.69, 9.17) is 9.88 Å². The average Bonchev–Trinajstić information content (AvgIpc) is 2.90. The number of hydrogen-bond acceptors (Lipinski definition) is 4. The molecule has 2 rings (SSSR count). The van der Waals surface area contributed by atoms with Gasteiger partial charge in [-0.1, -0.05) is 0 Å². The van der Waals surface area contributed by atoms with Crippen molar-refractivity contribution in [3.63, 3.8) is 0 Å². The summed E-state index contributed by atoms with van der Waals surface area (Å²) in [6.45, 7) is 4.57. The third-order valence-electron chi connectivity index (χ3n) is 3.70. The van der Waals surface area contributed by atoms with Gasteiger partial charge < -0.3 is 10.1 Å². The predicted octanol–water partition coefficient (Wildman–Crippen LogP) is 0.860. The second-order valence-electron chi connectivity index (χ2n) is 5.31. The minimum absolute atomic E-state index is 0.00948. The number of nitrogens with two attached hydrogens (primary N) is 1. The Balaban J connectivity index is 2.19. The van der Waals surface area contributed by atoms with Crippen molar-refractivity contribution in [3.8, 4) is 0 Å². The minimum Gasteiger partial charge on any atom is -0.376 e. The maximum atomic E-state index is 12.1. The van der Waals surface area contributed by atoms with E-state index < -0.39 is 10.0 Å². The van der Waals surface area contributed by atoms with E-state index in [1.54, 1.807) is 19.9 Å². The molecule has 1 aromatic carbocycles. The lowest BCUT2D eigenvalue weighted by Gasteiger charge is -2.13. The molecule has 6 nitrogen and oxygen atoms in total. The Labute approximate surface area is 124 Å². The van der Waals surface area contributed by atoms with E-state index in [2.05, 4.69) is 5.32 Å². The zero-order chi connectivity index (χ0) is 15.6. The summed E-state index contributed by atoms with van der Waals surface area (Å²) in [6, 6.07) is 2.98. The molecule has 1 fully saturated rings. The van der Waals surface area contributed by atoms with Gasteiger partial charge in [0.25, 0.3) is 5.91 Å². The quantitative estimate of drug-likeness (QED) is 0.861. The molecule has 0 spiro atoms. The van der Waals surface area contributed by atoms with Crippen LogP contribution >= 0.6 is 0 Å². The lowest BCUT2D eigenvalue weighted by molar-refractivity contribution is 0.0857. The summed E-state index contributed by atoms with van der Waals surface area (Å²) in [5, 5.41) is 7.96. The fraction of sp³-hybridized carbons (Fsp3) is 0.500. The smallest absolute Gasteiger partial charge is 0.251 e. The first-order chi connectivity index (χ1) is 9.79. The zero-order valence-corrected chi connectivity index (χ0v) is 13.0. The summed E-state index contributed by atoms with van der Waals surface area (Å²) in [4.78, 5) is 12.1. The molecule has 1 unspecified atom stereocenters. The molecule has 1 amide bonds. The number of aryl methyl sites for hydroxylation is 1. The van der Waals surface area contributed by atoms with Gasteiger partial charge in [0, 0.05) is 18.7 Å². The Hall–Kier alpha value is -1.44. The monoisotopic (exact) mass is 312 g/mol. The molecule has 1 aliphatic rings. The lowest BCUT2D eigenvalue weighted by Crippen LogP contribution is -2.32. The van der Waals surface area contributed by atoms with Gasteiger partial charge in [-0.15, -0.1) is 0 Å². The van der Waals surface area contributed by atoms with Gasteiger partial charge in [-0.3, -0.25) is 4.79 Å². The van der Waals surface area contributed by atoms with Crippen molar-refractivity contribution in [1.29, 1.82) is 0 Å². The molecule has 1 saturated heterocycles. The highest BCUT2D eigenvalue weighted by Crippen LogP contribution is 2.20. The van der Waals surface area contributed by atoms with Crippen molar-refractivity contribution >= 4 is 15.9 Å². The molecule has 1 aliphatic heterocycles. The molecule has 116 valence electrons. The number of amides is 1. The number of hydrogen-bond donors (Lipinski definition) is 2. The first-order valence-electron chi connectivity index (χ1n) is 6.83. The Morgan fingerprint density at radius 3 is 2.71 bits per heavy atom. The number of carbonyl (C=O) groups excluding carboxylic acids is 1. The normalized spacial score (nSPS) is 18.7. The van der Waals surface area contributed by atoms with E-state index in [1.165, 1.54) is 6.07 Å². The van der Waals surface area contributed by atoms with Crippen LogP contribution in [0.2, 0.25) is 0 Å². The molecule has 0 aromatic heterocycles. The summed E-state index contributed by atoms with van der Waals surface area (Å²) < 4.78 is 28.6. The fourth-order valence-electron chi connectivity index (χ4n) is 2.37. The molecule has 1 aromatic rings. The lowest BCUT2D eigenvalue weighted by atomic mass is 10.1. The molecule has 0 saturated carbocycles. The molecule has 1 heterocycles. The number of rotatable bonds is 4. The Morgan fingerprint density at radius 1 is 1.43 bits per heavy atom. The largest absolute Gasteiger partial charge is 0.376 e. The molecular formula is C14H20N2O4S. The summed E-state index contributed by atoms with van der Waals surface area (Å²) in [6.07, 6.45) is 1.97. The van der Waals surface area contributed by atoms with E-state index in [-0.39, 0.29) is 16.9 Å². The maximum Gasteiger partial charge on any atom is 0.251 e.